The zero-order valence-electron chi connectivity index (χ0n) is 9.28. The van der Waals surface area contributed by atoms with Crippen molar-refractivity contribution in [3.05, 3.63) is 47.2 Å². The van der Waals surface area contributed by atoms with Gasteiger partial charge in [-0.05, 0) is 18.2 Å². The Kier molecular flexibility index (Phi) is 2.56. The summed E-state index contributed by atoms with van der Waals surface area (Å²) in [5.74, 6) is -0.978. The third-order valence-electron chi connectivity index (χ3n) is 2.56. The van der Waals surface area contributed by atoms with Crippen molar-refractivity contribution in [1.82, 2.24) is 14.8 Å². The fraction of sp³-hybridized carbons (Fsp3) is 0.0833. The molecule has 3 rings (SSSR count). The molecule has 0 fully saturated rings. The predicted octanol–water partition coefficient (Wildman–Crippen LogP) is 2.24. The van der Waals surface area contributed by atoms with Gasteiger partial charge < -0.3 is 5.11 Å². The molecule has 0 radical (unpaired) electrons. The van der Waals surface area contributed by atoms with E-state index in [2.05, 4.69) is 10.1 Å². The Morgan fingerprint density at radius 1 is 1.33 bits per heavy atom. The fourth-order valence-corrected chi connectivity index (χ4v) is 2.71. The van der Waals surface area contributed by atoms with Crippen molar-refractivity contribution in [2.24, 2.45) is 0 Å². The summed E-state index contributed by atoms with van der Waals surface area (Å²) in [5.41, 5.74) is 1.11. The van der Waals surface area contributed by atoms with Gasteiger partial charge >= 0.3 is 5.97 Å². The first kappa shape index (κ1) is 10.9. The first-order valence-corrected chi connectivity index (χ1v) is 6.15. The van der Waals surface area contributed by atoms with Crippen LogP contribution in [-0.2, 0) is 6.54 Å². The van der Waals surface area contributed by atoms with Gasteiger partial charge in [-0.2, -0.15) is 5.10 Å². The van der Waals surface area contributed by atoms with E-state index in [1.807, 2.05) is 24.3 Å². The Bertz CT molecular complexity index is 684. The second-order valence-corrected chi connectivity index (χ2v) is 4.87. The molecule has 6 heteroatoms. The number of fused-ring (bicyclic) bond motifs is 1. The quantitative estimate of drug-likeness (QED) is 0.783. The zero-order valence-corrected chi connectivity index (χ0v) is 10.1. The average molecular weight is 259 g/mol. The molecule has 1 aromatic carbocycles. The lowest BCUT2D eigenvalue weighted by Crippen LogP contribution is -2.10. The minimum absolute atomic E-state index is 0.175. The van der Waals surface area contributed by atoms with E-state index in [1.54, 1.807) is 11.3 Å². The minimum Gasteiger partial charge on any atom is -0.477 e. The van der Waals surface area contributed by atoms with Crippen LogP contribution >= 0.6 is 11.3 Å². The van der Waals surface area contributed by atoms with Gasteiger partial charge in [-0.15, -0.1) is 11.3 Å². The molecule has 2 aromatic heterocycles. The van der Waals surface area contributed by atoms with Crippen LogP contribution in [0, 0.1) is 0 Å². The van der Waals surface area contributed by atoms with Crippen LogP contribution in [0.25, 0.3) is 10.2 Å². The summed E-state index contributed by atoms with van der Waals surface area (Å²) in [4.78, 5) is 15.4. The molecule has 0 spiro atoms. The molecule has 18 heavy (non-hydrogen) atoms. The number of carbonyl (C=O) groups is 1. The van der Waals surface area contributed by atoms with Gasteiger partial charge in [0, 0.05) is 6.20 Å². The number of nitrogens with zero attached hydrogens (tertiary/aromatic N) is 3. The maximum absolute atomic E-state index is 11.0. The van der Waals surface area contributed by atoms with Crippen LogP contribution in [0.2, 0.25) is 0 Å². The molecule has 1 N–H and O–H groups in total. The predicted molar refractivity (Wildman–Crippen MR) is 67.9 cm³/mol. The standard InChI is InChI=1S/C12H9N3O2S/c16-12(17)9-5-6-13-15(9)7-11-14-8-3-1-2-4-10(8)18-11/h1-6H,7H2,(H,16,17). The van der Waals surface area contributed by atoms with Crippen LogP contribution in [0.1, 0.15) is 15.5 Å². The highest BCUT2D eigenvalue weighted by molar-refractivity contribution is 7.18. The lowest BCUT2D eigenvalue weighted by Gasteiger charge is -2.00. The molecular weight excluding hydrogens is 250 g/mol. The van der Waals surface area contributed by atoms with Gasteiger partial charge in [0.2, 0.25) is 0 Å². The second-order valence-electron chi connectivity index (χ2n) is 3.75. The van der Waals surface area contributed by atoms with Crippen molar-refractivity contribution in [1.29, 1.82) is 0 Å². The van der Waals surface area contributed by atoms with Gasteiger partial charge in [0.15, 0.2) is 0 Å². The number of aromatic nitrogens is 3. The van der Waals surface area contributed by atoms with Gasteiger partial charge in [-0.3, -0.25) is 4.68 Å². The molecule has 0 saturated heterocycles. The number of thiazole rings is 1. The van der Waals surface area contributed by atoms with Gasteiger partial charge in [0.1, 0.15) is 10.7 Å². The van der Waals surface area contributed by atoms with Crippen molar-refractivity contribution in [3.8, 4) is 0 Å². The van der Waals surface area contributed by atoms with Gasteiger partial charge in [-0.25, -0.2) is 9.78 Å². The number of para-hydroxylation sites is 1. The Labute approximate surface area is 106 Å². The van der Waals surface area contributed by atoms with Crippen molar-refractivity contribution in [2.75, 3.05) is 0 Å². The smallest absolute Gasteiger partial charge is 0.354 e. The molecule has 0 aliphatic rings. The maximum atomic E-state index is 11.0. The Morgan fingerprint density at radius 3 is 2.94 bits per heavy atom. The SMILES string of the molecule is O=C(O)c1ccnn1Cc1nc2ccccc2s1. The molecule has 0 aliphatic heterocycles. The number of hydrogen-bond acceptors (Lipinski definition) is 4. The highest BCUT2D eigenvalue weighted by Crippen LogP contribution is 2.22. The van der Waals surface area contributed by atoms with E-state index in [0.29, 0.717) is 6.54 Å². The summed E-state index contributed by atoms with van der Waals surface area (Å²) in [5, 5.41) is 13.8. The third-order valence-corrected chi connectivity index (χ3v) is 3.58. The molecule has 0 unspecified atom stereocenters. The summed E-state index contributed by atoms with van der Waals surface area (Å²) < 4.78 is 2.54. The summed E-state index contributed by atoms with van der Waals surface area (Å²) in [7, 11) is 0. The fourth-order valence-electron chi connectivity index (χ4n) is 1.76. The van der Waals surface area contributed by atoms with Crippen molar-refractivity contribution >= 4 is 27.5 Å². The molecule has 90 valence electrons. The average Bonchev–Trinajstić information content (AvgIpc) is 2.94. The van der Waals surface area contributed by atoms with Crippen LogP contribution < -0.4 is 0 Å². The van der Waals surface area contributed by atoms with E-state index < -0.39 is 5.97 Å². The van der Waals surface area contributed by atoms with Crippen LogP contribution in [-0.4, -0.2) is 25.8 Å². The van der Waals surface area contributed by atoms with Crippen LogP contribution in [0.3, 0.4) is 0 Å². The topological polar surface area (TPSA) is 68.0 Å². The highest BCUT2D eigenvalue weighted by Gasteiger charge is 2.12. The number of carboxylic acids is 1. The minimum atomic E-state index is -0.978. The van der Waals surface area contributed by atoms with Crippen LogP contribution in [0.4, 0.5) is 0 Å². The zero-order chi connectivity index (χ0) is 12.5. The Morgan fingerprint density at radius 2 is 2.17 bits per heavy atom. The number of aromatic carboxylic acids is 1. The highest BCUT2D eigenvalue weighted by atomic mass is 32.1. The lowest BCUT2D eigenvalue weighted by molar-refractivity contribution is 0.0684. The molecule has 2 heterocycles. The second kappa shape index (κ2) is 4.23. The molecular formula is C12H9N3O2S. The third kappa shape index (κ3) is 1.86. The van der Waals surface area contributed by atoms with E-state index in [9.17, 15) is 4.79 Å². The normalized spacial score (nSPS) is 10.9. The Balaban J connectivity index is 1.96. The van der Waals surface area contributed by atoms with Crippen molar-refractivity contribution in [3.63, 3.8) is 0 Å². The van der Waals surface area contributed by atoms with Gasteiger partial charge in [-0.1, -0.05) is 12.1 Å². The Hall–Kier alpha value is -2.21. The van der Waals surface area contributed by atoms with E-state index in [1.165, 1.54) is 16.9 Å². The summed E-state index contributed by atoms with van der Waals surface area (Å²) in [6.45, 7) is 0.383. The summed E-state index contributed by atoms with van der Waals surface area (Å²) in [6.07, 6.45) is 1.48. The first-order chi connectivity index (χ1) is 8.74. The number of benzene rings is 1. The van der Waals surface area contributed by atoms with Gasteiger partial charge in [0.25, 0.3) is 0 Å². The molecule has 0 saturated carbocycles. The molecule has 5 nitrogen and oxygen atoms in total. The summed E-state index contributed by atoms with van der Waals surface area (Å²) in [6, 6.07) is 9.31. The summed E-state index contributed by atoms with van der Waals surface area (Å²) >= 11 is 1.55. The van der Waals surface area contributed by atoms with Crippen LogP contribution in [0.5, 0.6) is 0 Å². The first-order valence-electron chi connectivity index (χ1n) is 5.33. The van der Waals surface area contributed by atoms with E-state index in [4.69, 9.17) is 5.11 Å². The van der Waals surface area contributed by atoms with Crippen LogP contribution in [0.15, 0.2) is 36.5 Å². The molecule has 3 aromatic rings. The maximum Gasteiger partial charge on any atom is 0.354 e. The van der Waals surface area contributed by atoms with Crippen molar-refractivity contribution < 1.29 is 9.90 Å². The molecule has 0 amide bonds. The van der Waals surface area contributed by atoms with E-state index >= 15 is 0 Å². The van der Waals surface area contributed by atoms with E-state index in [-0.39, 0.29) is 5.69 Å². The molecule has 0 bridgehead atoms. The number of rotatable bonds is 3. The monoisotopic (exact) mass is 259 g/mol. The lowest BCUT2D eigenvalue weighted by atomic mass is 10.3. The molecule has 0 atom stereocenters. The number of carboxylic acid groups (broad SMARTS) is 1. The number of hydrogen-bond donors (Lipinski definition) is 1. The largest absolute Gasteiger partial charge is 0.477 e. The van der Waals surface area contributed by atoms with E-state index in [0.717, 1.165) is 15.2 Å². The van der Waals surface area contributed by atoms with Crippen molar-refractivity contribution in [2.45, 2.75) is 6.54 Å². The molecule has 0 aliphatic carbocycles. The van der Waals surface area contributed by atoms with Gasteiger partial charge in [0.05, 0.1) is 16.8 Å².